The number of piperazine rings is 1. The van der Waals surface area contributed by atoms with Crippen LogP contribution >= 0.6 is 23.2 Å². The van der Waals surface area contributed by atoms with E-state index in [4.69, 9.17) is 27.9 Å². The summed E-state index contributed by atoms with van der Waals surface area (Å²) in [7, 11) is 0. The van der Waals surface area contributed by atoms with Gasteiger partial charge in [0.2, 0.25) is 0 Å². The van der Waals surface area contributed by atoms with Crippen LogP contribution in [0.1, 0.15) is 6.92 Å². The van der Waals surface area contributed by atoms with Crippen LogP contribution in [0.4, 0.5) is 0 Å². The predicted octanol–water partition coefficient (Wildman–Crippen LogP) is 2.67. The normalized spacial score (nSPS) is 20.9. The molecule has 1 aliphatic heterocycles. The highest BCUT2D eigenvalue weighted by Crippen LogP contribution is 2.32. The molecule has 2 rings (SSSR count). The fourth-order valence-electron chi connectivity index (χ4n) is 2.10. The van der Waals surface area contributed by atoms with Gasteiger partial charge in [0.05, 0.1) is 10.0 Å². The second-order valence-corrected chi connectivity index (χ2v) is 5.30. The molecule has 1 N–H and O–H groups in total. The SMILES string of the molecule is C[C@@H]1CNCCN1CCOc1c(Cl)cccc1Cl. The van der Waals surface area contributed by atoms with Crippen LogP contribution in [0.15, 0.2) is 18.2 Å². The molecular weight excluding hydrogens is 271 g/mol. The quantitative estimate of drug-likeness (QED) is 0.922. The number of rotatable bonds is 4. The summed E-state index contributed by atoms with van der Waals surface area (Å²) in [4.78, 5) is 2.40. The summed E-state index contributed by atoms with van der Waals surface area (Å²) >= 11 is 12.1. The van der Waals surface area contributed by atoms with Crippen molar-refractivity contribution in [1.29, 1.82) is 0 Å². The first-order chi connectivity index (χ1) is 8.68. The Labute approximate surface area is 118 Å². The van der Waals surface area contributed by atoms with Crippen molar-refractivity contribution in [2.45, 2.75) is 13.0 Å². The first-order valence-corrected chi connectivity index (χ1v) is 6.95. The van der Waals surface area contributed by atoms with Crippen molar-refractivity contribution in [3.63, 3.8) is 0 Å². The number of benzene rings is 1. The molecule has 0 unspecified atom stereocenters. The maximum absolute atomic E-state index is 6.05. The predicted molar refractivity (Wildman–Crippen MR) is 75.9 cm³/mol. The molecule has 5 heteroatoms. The Morgan fingerprint density at radius 2 is 2.11 bits per heavy atom. The largest absolute Gasteiger partial charge is 0.489 e. The monoisotopic (exact) mass is 288 g/mol. The molecule has 1 aromatic rings. The second kappa shape index (κ2) is 6.62. The van der Waals surface area contributed by atoms with Gasteiger partial charge in [-0.1, -0.05) is 29.3 Å². The summed E-state index contributed by atoms with van der Waals surface area (Å²) in [5.41, 5.74) is 0. The molecular formula is C13H18Cl2N2O. The van der Waals surface area contributed by atoms with Crippen molar-refractivity contribution in [3.8, 4) is 5.75 Å². The standard InChI is InChI=1S/C13H18Cl2N2O/c1-10-9-16-5-6-17(10)7-8-18-13-11(14)3-2-4-12(13)15/h2-4,10,16H,5-9H2,1H3/t10-/m1/s1. The maximum Gasteiger partial charge on any atom is 0.156 e. The Balaban J connectivity index is 1.84. The average Bonchev–Trinajstić information content (AvgIpc) is 2.35. The van der Waals surface area contributed by atoms with Crippen LogP contribution in [0.5, 0.6) is 5.75 Å². The van der Waals surface area contributed by atoms with Gasteiger partial charge >= 0.3 is 0 Å². The van der Waals surface area contributed by atoms with Crippen LogP contribution in [0, 0.1) is 0 Å². The molecule has 100 valence electrons. The first-order valence-electron chi connectivity index (χ1n) is 6.20. The number of halogens is 2. The van der Waals surface area contributed by atoms with E-state index in [0.29, 0.717) is 28.4 Å². The summed E-state index contributed by atoms with van der Waals surface area (Å²) in [6.07, 6.45) is 0. The number of hydrogen-bond acceptors (Lipinski definition) is 3. The third kappa shape index (κ3) is 3.51. The van der Waals surface area contributed by atoms with Gasteiger partial charge < -0.3 is 10.1 Å². The van der Waals surface area contributed by atoms with Gasteiger partial charge in [-0.2, -0.15) is 0 Å². The van der Waals surface area contributed by atoms with Crippen LogP contribution in [0.25, 0.3) is 0 Å². The second-order valence-electron chi connectivity index (χ2n) is 4.49. The summed E-state index contributed by atoms with van der Waals surface area (Å²) in [5.74, 6) is 0.587. The van der Waals surface area contributed by atoms with E-state index in [2.05, 4.69) is 17.1 Å². The summed E-state index contributed by atoms with van der Waals surface area (Å²) in [5, 5.41) is 4.50. The number of para-hydroxylation sites is 1. The van der Waals surface area contributed by atoms with Crippen molar-refractivity contribution in [3.05, 3.63) is 28.2 Å². The molecule has 1 aliphatic rings. The molecule has 3 nitrogen and oxygen atoms in total. The van der Waals surface area contributed by atoms with Gasteiger partial charge in [-0.3, -0.25) is 4.90 Å². The molecule has 18 heavy (non-hydrogen) atoms. The molecule has 0 saturated carbocycles. The van der Waals surface area contributed by atoms with E-state index in [1.54, 1.807) is 12.1 Å². The smallest absolute Gasteiger partial charge is 0.156 e. The van der Waals surface area contributed by atoms with Crippen LogP contribution in [-0.2, 0) is 0 Å². The molecule has 0 spiro atoms. The van der Waals surface area contributed by atoms with Crippen molar-refractivity contribution in [1.82, 2.24) is 10.2 Å². The Hall–Kier alpha value is -0.480. The van der Waals surface area contributed by atoms with Gasteiger partial charge in [-0.15, -0.1) is 0 Å². The zero-order valence-electron chi connectivity index (χ0n) is 10.5. The molecule has 1 aromatic carbocycles. The highest BCUT2D eigenvalue weighted by Gasteiger charge is 2.17. The van der Waals surface area contributed by atoms with E-state index in [-0.39, 0.29) is 0 Å². The van der Waals surface area contributed by atoms with Gasteiger partial charge in [0.15, 0.2) is 5.75 Å². The lowest BCUT2D eigenvalue weighted by Crippen LogP contribution is -2.50. The number of hydrogen-bond donors (Lipinski definition) is 1. The lowest BCUT2D eigenvalue weighted by Gasteiger charge is -2.33. The Kier molecular flexibility index (Phi) is 5.13. The molecule has 0 radical (unpaired) electrons. The lowest BCUT2D eigenvalue weighted by molar-refractivity contribution is 0.143. The van der Waals surface area contributed by atoms with Gasteiger partial charge in [0, 0.05) is 32.2 Å². The van der Waals surface area contributed by atoms with E-state index in [1.165, 1.54) is 0 Å². The third-order valence-corrected chi connectivity index (χ3v) is 3.78. The number of nitrogens with zero attached hydrogens (tertiary/aromatic N) is 1. The van der Waals surface area contributed by atoms with Gasteiger partial charge in [-0.05, 0) is 19.1 Å². The van der Waals surface area contributed by atoms with Crippen molar-refractivity contribution in [2.24, 2.45) is 0 Å². The van der Waals surface area contributed by atoms with Crippen molar-refractivity contribution >= 4 is 23.2 Å². The zero-order valence-corrected chi connectivity index (χ0v) is 12.0. The minimum Gasteiger partial charge on any atom is -0.489 e. The number of nitrogens with one attached hydrogen (secondary N) is 1. The van der Waals surface area contributed by atoms with Gasteiger partial charge in [-0.25, -0.2) is 0 Å². The fourth-order valence-corrected chi connectivity index (χ4v) is 2.61. The average molecular weight is 289 g/mol. The summed E-state index contributed by atoms with van der Waals surface area (Å²) in [6, 6.07) is 5.94. The molecule has 1 saturated heterocycles. The molecule has 1 atom stereocenters. The molecule has 0 bridgehead atoms. The minimum atomic E-state index is 0.545. The molecule has 1 fully saturated rings. The topological polar surface area (TPSA) is 24.5 Å². The highest BCUT2D eigenvalue weighted by atomic mass is 35.5. The lowest BCUT2D eigenvalue weighted by atomic mass is 10.2. The van der Waals surface area contributed by atoms with E-state index < -0.39 is 0 Å². The Morgan fingerprint density at radius 3 is 2.78 bits per heavy atom. The Bertz CT molecular complexity index is 380. The molecule has 0 amide bonds. The van der Waals surface area contributed by atoms with Gasteiger partial charge in [0.25, 0.3) is 0 Å². The van der Waals surface area contributed by atoms with Crippen LogP contribution in [-0.4, -0.2) is 43.7 Å². The van der Waals surface area contributed by atoms with Gasteiger partial charge in [0.1, 0.15) is 6.61 Å². The Morgan fingerprint density at radius 1 is 1.39 bits per heavy atom. The highest BCUT2D eigenvalue weighted by molar-refractivity contribution is 6.37. The van der Waals surface area contributed by atoms with E-state index >= 15 is 0 Å². The summed E-state index contributed by atoms with van der Waals surface area (Å²) in [6.45, 7) is 6.84. The first kappa shape index (κ1) is 13.9. The van der Waals surface area contributed by atoms with Crippen LogP contribution in [0.2, 0.25) is 10.0 Å². The van der Waals surface area contributed by atoms with Crippen molar-refractivity contribution < 1.29 is 4.74 Å². The number of ether oxygens (including phenoxy) is 1. The molecule has 0 aliphatic carbocycles. The fraction of sp³-hybridized carbons (Fsp3) is 0.538. The maximum atomic E-state index is 6.05. The third-order valence-electron chi connectivity index (χ3n) is 3.18. The molecule has 0 aromatic heterocycles. The van der Waals surface area contributed by atoms with E-state index in [0.717, 1.165) is 26.2 Å². The van der Waals surface area contributed by atoms with Crippen LogP contribution < -0.4 is 10.1 Å². The van der Waals surface area contributed by atoms with E-state index in [9.17, 15) is 0 Å². The zero-order chi connectivity index (χ0) is 13.0. The van der Waals surface area contributed by atoms with Crippen molar-refractivity contribution in [2.75, 3.05) is 32.8 Å². The molecule has 1 heterocycles. The van der Waals surface area contributed by atoms with E-state index in [1.807, 2.05) is 6.07 Å². The summed E-state index contributed by atoms with van der Waals surface area (Å²) < 4.78 is 5.69. The van der Waals surface area contributed by atoms with Crippen LogP contribution in [0.3, 0.4) is 0 Å². The minimum absolute atomic E-state index is 0.545.